The lowest BCUT2D eigenvalue weighted by atomic mass is 9.81. The molecule has 41 heavy (non-hydrogen) atoms. The second-order valence-corrected chi connectivity index (χ2v) is 9.80. The van der Waals surface area contributed by atoms with E-state index in [1.54, 1.807) is 6.07 Å². The number of aliphatic hydroxyl groups is 1. The Morgan fingerprint density at radius 1 is 1.15 bits per heavy atom. The van der Waals surface area contributed by atoms with E-state index in [0.717, 1.165) is 4.68 Å². The quantitative estimate of drug-likeness (QED) is 0.297. The van der Waals surface area contributed by atoms with Gasteiger partial charge in [0.1, 0.15) is 18.6 Å². The van der Waals surface area contributed by atoms with Crippen LogP contribution in [-0.2, 0) is 17.9 Å². The number of rotatable bonds is 8. The van der Waals surface area contributed by atoms with Crippen molar-refractivity contribution in [2.75, 3.05) is 5.32 Å². The number of anilines is 1. The van der Waals surface area contributed by atoms with Crippen molar-refractivity contribution in [3.63, 3.8) is 0 Å². The fourth-order valence-electron chi connectivity index (χ4n) is 4.16. The van der Waals surface area contributed by atoms with Gasteiger partial charge in [0, 0.05) is 35.5 Å². The Morgan fingerprint density at radius 2 is 1.85 bits per heavy atom. The zero-order chi connectivity index (χ0) is 29.5. The summed E-state index contributed by atoms with van der Waals surface area (Å²) in [4.78, 5) is 33.7. The van der Waals surface area contributed by atoms with Gasteiger partial charge in [-0.3, -0.25) is 9.36 Å². The summed E-state index contributed by atoms with van der Waals surface area (Å²) >= 11 is 5.90. The Kier molecular flexibility index (Phi) is 7.37. The van der Waals surface area contributed by atoms with Crippen molar-refractivity contribution in [2.45, 2.75) is 44.1 Å². The summed E-state index contributed by atoms with van der Waals surface area (Å²) in [5.74, 6) is -4.44. The van der Waals surface area contributed by atoms with E-state index in [9.17, 15) is 36.6 Å². The van der Waals surface area contributed by atoms with Gasteiger partial charge in [0.05, 0.1) is 6.54 Å². The number of hydrogen-bond donors (Lipinski definition) is 2. The van der Waals surface area contributed by atoms with Crippen LogP contribution in [0.2, 0.25) is 5.02 Å². The minimum absolute atomic E-state index is 0.0236. The lowest BCUT2D eigenvalue weighted by molar-refractivity contribution is -0.207. The first-order valence-corrected chi connectivity index (χ1v) is 12.4. The molecule has 1 aliphatic carbocycles. The molecule has 17 heteroatoms. The van der Waals surface area contributed by atoms with Crippen molar-refractivity contribution in [3.8, 4) is 17.1 Å². The van der Waals surface area contributed by atoms with Crippen LogP contribution in [0.3, 0.4) is 0 Å². The van der Waals surface area contributed by atoms with Crippen LogP contribution in [0.25, 0.3) is 17.1 Å². The number of alkyl halides is 5. The van der Waals surface area contributed by atoms with Crippen molar-refractivity contribution >= 4 is 23.3 Å². The number of benzene rings is 1. The number of hydrogen-bond acceptors (Lipinski definition) is 7. The fraction of sp³-hybridized carbons (Fsp3) is 0.333. The number of carbonyl (C=O) groups excluding carboxylic acids is 1. The number of pyridine rings is 1. The standard InChI is InChI=1S/C24H20ClF5N8O3/c25-15-5-3-13(4-6-15)20-35-37(22(41)36(20)10-17(39)24(28,29)30)11-18-32-12-38(34-18)16-2-1-7-31-19(16)33-21(40)14-8-23(26,27)9-14/h1-7,12,14,17,39H,8-11H2,(H,31,33,40)/t17-/m0/s1. The third-order valence-corrected chi connectivity index (χ3v) is 6.58. The number of nitrogens with zero attached hydrogens (tertiary/aromatic N) is 7. The third kappa shape index (κ3) is 6.12. The van der Waals surface area contributed by atoms with Crippen LogP contribution in [0.4, 0.5) is 27.8 Å². The molecule has 0 unspecified atom stereocenters. The zero-order valence-corrected chi connectivity index (χ0v) is 21.5. The maximum atomic E-state index is 13.2. The van der Waals surface area contributed by atoms with Crippen LogP contribution in [0.15, 0.2) is 53.7 Å². The molecule has 0 spiro atoms. The molecule has 0 aliphatic heterocycles. The Bertz CT molecular complexity index is 1630. The lowest BCUT2D eigenvalue weighted by Gasteiger charge is -2.33. The third-order valence-electron chi connectivity index (χ3n) is 6.32. The topological polar surface area (TPSA) is 133 Å². The predicted molar refractivity (Wildman–Crippen MR) is 134 cm³/mol. The van der Waals surface area contributed by atoms with Crippen molar-refractivity contribution < 1.29 is 31.9 Å². The smallest absolute Gasteiger partial charge is 0.382 e. The van der Waals surface area contributed by atoms with Gasteiger partial charge < -0.3 is 10.4 Å². The Labute approximate surface area is 232 Å². The van der Waals surface area contributed by atoms with Crippen LogP contribution >= 0.6 is 11.6 Å². The highest BCUT2D eigenvalue weighted by Crippen LogP contribution is 2.42. The van der Waals surface area contributed by atoms with Crippen molar-refractivity contribution in [1.29, 1.82) is 0 Å². The normalized spacial score (nSPS) is 15.9. The molecule has 1 saturated carbocycles. The Hall–Kier alpha value is -4.18. The van der Waals surface area contributed by atoms with Crippen molar-refractivity contribution in [3.05, 3.63) is 70.3 Å². The average Bonchev–Trinajstić information content (AvgIpc) is 3.48. The second-order valence-electron chi connectivity index (χ2n) is 9.37. The molecule has 0 saturated heterocycles. The van der Waals surface area contributed by atoms with E-state index in [1.165, 1.54) is 47.5 Å². The molecule has 1 aliphatic rings. The molecule has 1 amide bonds. The molecule has 3 heterocycles. The molecule has 3 aromatic heterocycles. The lowest BCUT2D eigenvalue weighted by Crippen LogP contribution is -2.42. The van der Waals surface area contributed by atoms with Gasteiger partial charge in [0.15, 0.2) is 23.6 Å². The Morgan fingerprint density at radius 3 is 2.51 bits per heavy atom. The highest BCUT2D eigenvalue weighted by atomic mass is 35.5. The van der Waals surface area contributed by atoms with E-state index in [1.807, 2.05) is 0 Å². The molecule has 2 N–H and O–H groups in total. The van der Waals surface area contributed by atoms with E-state index in [2.05, 4.69) is 25.5 Å². The summed E-state index contributed by atoms with van der Waals surface area (Å²) in [5.41, 5.74) is -0.432. The van der Waals surface area contributed by atoms with Gasteiger partial charge in [0.25, 0.3) is 0 Å². The van der Waals surface area contributed by atoms with Crippen LogP contribution in [0, 0.1) is 5.92 Å². The molecular formula is C24H20ClF5N8O3. The monoisotopic (exact) mass is 598 g/mol. The Balaban J connectivity index is 1.41. The summed E-state index contributed by atoms with van der Waals surface area (Å²) in [5, 5.41) is 20.9. The molecule has 11 nitrogen and oxygen atoms in total. The molecule has 4 aromatic rings. The SMILES string of the molecule is O=C(Nc1ncccc1-n1cnc(Cn2nc(-c3ccc(Cl)cc3)n(C[C@H](O)C(F)(F)F)c2=O)n1)C1CC(F)(F)C1. The maximum absolute atomic E-state index is 13.2. The number of aliphatic hydroxyl groups excluding tert-OH is 1. The highest BCUT2D eigenvalue weighted by molar-refractivity contribution is 6.30. The molecule has 1 aromatic carbocycles. The number of carbonyl (C=O) groups is 1. The van der Waals surface area contributed by atoms with E-state index < -0.39 is 55.1 Å². The number of amides is 1. The molecule has 0 bridgehead atoms. The number of nitrogens with one attached hydrogen (secondary N) is 1. The zero-order valence-electron chi connectivity index (χ0n) is 20.8. The largest absolute Gasteiger partial charge is 0.416 e. The van der Waals surface area contributed by atoms with Gasteiger partial charge in [0.2, 0.25) is 11.8 Å². The number of halogens is 6. The molecule has 5 rings (SSSR count). The minimum atomic E-state index is -4.98. The van der Waals surface area contributed by atoms with E-state index in [4.69, 9.17) is 11.6 Å². The van der Waals surface area contributed by atoms with E-state index >= 15 is 0 Å². The molecule has 216 valence electrons. The first kappa shape index (κ1) is 28.4. The van der Waals surface area contributed by atoms with Gasteiger partial charge in [-0.2, -0.15) is 13.2 Å². The van der Waals surface area contributed by atoms with Crippen LogP contribution < -0.4 is 11.0 Å². The highest BCUT2D eigenvalue weighted by Gasteiger charge is 2.48. The molecule has 1 fully saturated rings. The first-order valence-electron chi connectivity index (χ1n) is 12.0. The summed E-state index contributed by atoms with van der Waals surface area (Å²) < 4.78 is 68.4. The van der Waals surface area contributed by atoms with E-state index in [0.29, 0.717) is 9.59 Å². The summed E-state index contributed by atoms with van der Waals surface area (Å²) in [6.45, 7) is -1.46. The van der Waals surface area contributed by atoms with Crippen molar-refractivity contribution in [1.82, 2.24) is 34.1 Å². The molecule has 0 radical (unpaired) electrons. The van der Waals surface area contributed by atoms with Gasteiger partial charge in [-0.1, -0.05) is 11.6 Å². The molecular weight excluding hydrogens is 579 g/mol. The maximum Gasteiger partial charge on any atom is 0.416 e. The van der Waals surface area contributed by atoms with Crippen LogP contribution in [-0.4, -0.2) is 63.3 Å². The summed E-state index contributed by atoms with van der Waals surface area (Å²) in [6.07, 6.45) is -6.30. The van der Waals surface area contributed by atoms with Gasteiger partial charge in [-0.25, -0.2) is 32.9 Å². The van der Waals surface area contributed by atoms with Crippen LogP contribution in [0.5, 0.6) is 0 Å². The second kappa shape index (κ2) is 10.7. The summed E-state index contributed by atoms with van der Waals surface area (Å²) in [7, 11) is 0. The van der Waals surface area contributed by atoms with Crippen LogP contribution in [0.1, 0.15) is 18.7 Å². The van der Waals surface area contributed by atoms with Gasteiger partial charge in [-0.15, -0.1) is 10.2 Å². The van der Waals surface area contributed by atoms with Gasteiger partial charge >= 0.3 is 11.9 Å². The van der Waals surface area contributed by atoms with Gasteiger partial charge in [-0.05, 0) is 36.4 Å². The average molecular weight is 599 g/mol. The minimum Gasteiger partial charge on any atom is -0.382 e. The van der Waals surface area contributed by atoms with E-state index in [-0.39, 0.29) is 35.3 Å². The number of aromatic nitrogens is 7. The molecule has 1 atom stereocenters. The predicted octanol–water partition coefficient (Wildman–Crippen LogP) is 3.30. The first-order chi connectivity index (χ1) is 19.3. The van der Waals surface area contributed by atoms with Crippen molar-refractivity contribution in [2.24, 2.45) is 5.92 Å². The summed E-state index contributed by atoms with van der Waals surface area (Å²) in [6, 6.07) is 8.93. The fourth-order valence-corrected chi connectivity index (χ4v) is 4.29.